The lowest BCUT2D eigenvalue weighted by molar-refractivity contribution is -0.146. The van der Waals surface area contributed by atoms with Gasteiger partial charge in [0.25, 0.3) is 30.4 Å². The van der Waals surface area contributed by atoms with Crippen LogP contribution in [0, 0.1) is 20.8 Å². The number of carboxylic acid groups (broad SMARTS) is 1. The van der Waals surface area contributed by atoms with Crippen LogP contribution < -0.4 is 22.9 Å². The summed E-state index contributed by atoms with van der Waals surface area (Å²) in [6, 6.07) is 35.8. The number of aryl methyl sites for hydroxylation is 3. The van der Waals surface area contributed by atoms with Crippen molar-refractivity contribution < 1.29 is 63.5 Å². The molecule has 0 saturated carbocycles. The number of aliphatic hydroxyl groups is 1. The second-order valence-corrected chi connectivity index (χ2v) is 19.0. The average Bonchev–Trinajstić information content (AvgIpc) is 3.29. The van der Waals surface area contributed by atoms with Crippen molar-refractivity contribution in [3.8, 4) is 0 Å². The molecule has 18 nitrogen and oxygen atoms in total. The first kappa shape index (κ1) is 65.9. The van der Waals surface area contributed by atoms with Gasteiger partial charge in [0.15, 0.2) is 0 Å². The Labute approximate surface area is 412 Å². The third kappa shape index (κ3) is 33.1. The Morgan fingerprint density at radius 1 is 0.507 bits per heavy atom. The van der Waals surface area contributed by atoms with Gasteiger partial charge in [0.05, 0.1) is 21.3 Å². The van der Waals surface area contributed by atoms with E-state index in [-0.39, 0.29) is 46.3 Å². The number of nitrogens with two attached hydrogens (primary N) is 4. The maximum atomic E-state index is 11.5. The van der Waals surface area contributed by atoms with Crippen molar-refractivity contribution in [2.24, 2.45) is 22.9 Å². The lowest BCUT2D eigenvalue weighted by Gasteiger charge is -2.11. The predicted octanol–water partition coefficient (Wildman–Crippen LogP) is 6.04. The molecule has 13 N–H and O–H groups in total. The molecule has 0 aliphatic rings. The van der Waals surface area contributed by atoms with E-state index >= 15 is 0 Å². The molecule has 384 valence electrons. The molecule has 0 aliphatic carbocycles. The summed E-state index contributed by atoms with van der Waals surface area (Å²) in [5.74, 6) is -1.28. The molecule has 0 saturated heterocycles. The smallest absolute Gasteiger partial charge is 0.323 e. The Kier molecular flexibility index (Phi) is 34.3. The Bertz CT molecular complexity index is 2320. The Hall–Kier alpha value is -5.14. The van der Waals surface area contributed by atoms with Gasteiger partial charge in [-0.05, 0) is 107 Å². The van der Waals surface area contributed by atoms with E-state index in [1.54, 1.807) is 36.4 Å². The molecule has 0 aliphatic heterocycles. The van der Waals surface area contributed by atoms with Crippen molar-refractivity contribution in [1.82, 2.24) is 0 Å². The number of ether oxygens (including phenoxy) is 1. The lowest BCUT2D eigenvalue weighted by Crippen LogP contribution is -2.32. The van der Waals surface area contributed by atoms with Gasteiger partial charge in [0, 0.05) is 0 Å². The lowest BCUT2D eigenvalue weighted by atomic mass is 10.1. The number of unbranched alkanes of at least 4 members (excludes halogenated alkanes) is 2. The van der Waals surface area contributed by atoms with Crippen molar-refractivity contribution in [2.45, 2.75) is 99.3 Å². The van der Waals surface area contributed by atoms with E-state index in [4.69, 9.17) is 51.5 Å². The standard InChI is InChI=1S/C13H20N2O2.3C7H8O3S.C7H8O.C6H14N2O2.ClH/c14-9-5-4-8-12(15)13(16)17-10-11-6-2-1-3-7-11;3*1-6-2-4-7(5-3-6)11(8,9)10;8-6-7-4-2-1-3-5-7;7-4-2-1-3-5(8)6(9)10;/h1-3,6-7,12H,4-5,8-10,14-15H2;3*2-5H,1H3,(H,8,9,10);1-5,8H,6H2;5H,1-4,7-8H2,(H,9,10);1H/t;;;;;5-;/m.....0./s1. The molecule has 0 fully saturated rings. The molecule has 2 atom stereocenters. The molecule has 0 radical (unpaired) electrons. The third-order valence-electron chi connectivity index (χ3n) is 8.76. The van der Waals surface area contributed by atoms with Crippen LogP contribution in [-0.2, 0) is 57.9 Å². The van der Waals surface area contributed by atoms with Gasteiger partial charge >= 0.3 is 11.9 Å². The molecule has 0 heterocycles. The minimum Gasteiger partial charge on any atom is -0.480 e. The highest BCUT2D eigenvalue weighted by Crippen LogP contribution is 2.11. The van der Waals surface area contributed by atoms with Crippen LogP contribution in [0.15, 0.2) is 148 Å². The molecule has 22 heteroatoms. The van der Waals surface area contributed by atoms with Gasteiger partial charge in [-0.3, -0.25) is 23.2 Å². The maximum Gasteiger partial charge on any atom is 0.323 e. The molecule has 0 amide bonds. The van der Waals surface area contributed by atoms with E-state index in [1.807, 2.05) is 81.4 Å². The second kappa shape index (κ2) is 35.9. The van der Waals surface area contributed by atoms with E-state index in [1.165, 1.54) is 36.4 Å². The van der Waals surface area contributed by atoms with Gasteiger partial charge in [-0.15, -0.1) is 12.4 Å². The van der Waals surface area contributed by atoms with Crippen LogP contribution in [0.1, 0.15) is 66.3 Å². The molecular weight excluding hydrogens is 976 g/mol. The van der Waals surface area contributed by atoms with Crippen LogP contribution in [0.3, 0.4) is 0 Å². The van der Waals surface area contributed by atoms with Gasteiger partial charge < -0.3 is 37.9 Å². The van der Waals surface area contributed by atoms with E-state index in [0.29, 0.717) is 25.9 Å². The number of aliphatic carboxylic acids is 1. The predicted molar refractivity (Wildman–Crippen MR) is 268 cm³/mol. The maximum absolute atomic E-state index is 11.5. The van der Waals surface area contributed by atoms with Gasteiger partial charge in [-0.2, -0.15) is 25.3 Å². The van der Waals surface area contributed by atoms with Crippen LogP contribution in [0.5, 0.6) is 0 Å². The molecular formula is C47H67ClN4O14S3. The topological polar surface area (TPSA) is 351 Å². The quantitative estimate of drug-likeness (QED) is 0.0309. The minimum absolute atomic E-state index is 0. The van der Waals surface area contributed by atoms with Crippen LogP contribution in [-0.4, -0.2) is 86.2 Å². The monoisotopic (exact) mass is 1040 g/mol. The highest BCUT2D eigenvalue weighted by molar-refractivity contribution is 7.86. The summed E-state index contributed by atoms with van der Waals surface area (Å²) in [6.45, 7) is 7.18. The summed E-state index contributed by atoms with van der Waals surface area (Å²) in [4.78, 5) is 21.5. The van der Waals surface area contributed by atoms with Crippen LogP contribution in [0.4, 0.5) is 0 Å². The molecule has 69 heavy (non-hydrogen) atoms. The number of benzene rings is 5. The Morgan fingerprint density at radius 3 is 1.07 bits per heavy atom. The Morgan fingerprint density at radius 2 is 0.812 bits per heavy atom. The van der Waals surface area contributed by atoms with E-state index < -0.39 is 48.4 Å². The first-order valence-electron chi connectivity index (χ1n) is 21.0. The summed E-state index contributed by atoms with van der Waals surface area (Å²) in [6.07, 6.45) is 4.54. The zero-order valence-electron chi connectivity index (χ0n) is 38.8. The first-order valence-corrected chi connectivity index (χ1v) is 25.3. The summed E-state index contributed by atoms with van der Waals surface area (Å²) in [5, 5.41) is 16.9. The molecule has 5 aromatic rings. The van der Waals surface area contributed by atoms with Gasteiger partial charge in [0.2, 0.25) is 0 Å². The fourth-order valence-electron chi connectivity index (χ4n) is 4.81. The number of aliphatic hydroxyl groups excluding tert-OH is 1. The number of carbonyl (C=O) groups is 2. The highest BCUT2D eigenvalue weighted by Gasteiger charge is 2.14. The summed E-state index contributed by atoms with van der Waals surface area (Å²) < 4.78 is 93.8. The van der Waals surface area contributed by atoms with Crippen molar-refractivity contribution >= 4 is 54.7 Å². The van der Waals surface area contributed by atoms with Crippen LogP contribution in [0.25, 0.3) is 0 Å². The zero-order chi connectivity index (χ0) is 51.8. The van der Waals surface area contributed by atoms with Gasteiger partial charge in [-0.1, -0.05) is 127 Å². The highest BCUT2D eigenvalue weighted by atomic mass is 35.5. The summed E-state index contributed by atoms with van der Waals surface area (Å²) in [7, 11) is -12.1. The molecule has 0 spiro atoms. The zero-order valence-corrected chi connectivity index (χ0v) is 42.0. The minimum atomic E-state index is -4.02. The number of halogens is 1. The number of esters is 1. The van der Waals surface area contributed by atoms with Crippen molar-refractivity contribution in [3.05, 3.63) is 161 Å². The average molecular weight is 1040 g/mol. The second-order valence-electron chi connectivity index (χ2n) is 14.7. The molecule has 0 bridgehead atoms. The van der Waals surface area contributed by atoms with E-state index in [9.17, 15) is 34.8 Å². The first-order chi connectivity index (χ1) is 31.8. The van der Waals surface area contributed by atoms with E-state index in [0.717, 1.165) is 53.5 Å². The third-order valence-corrected chi connectivity index (χ3v) is 11.4. The van der Waals surface area contributed by atoms with Crippen molar-refractivity contribution in [1.29, 1.82) is 0 Å². The van der Waals surface area contributed by atoms with Crippen molar-refractivity contribution in [3.63, 3.8) is 0 Å². The molecule has 5 rings (SSSR count). The van der Waals surface area contributed by atoms with Gasteiger partial charge in [0.1, 0.15) is 18.7 Å². The molecule has 5 aromatic carbocycles. The molecule has 1 unspecified atom stereocenters. The summed E-state index contributed by atoms with van der Waals surface area (Å²) >= 11 is 0. The largest absolute Gasteiger partial charge is 0.480 e. The number of rotatable bonds is 16. The number of carboxylic acids is 1. The normalized spacial score (nSPS) is 11.4. The van der Waals surface area contributed by atoms with Crippen LogP contribution >= 0.6 is 12.4 Å². The number of hydrogen-bond acceptors (Lipinski definition) is 14. The molecule has 0 aromatic heterocycles. The van der Waals surface area contributed by atoms with E-state index in [2.05, 4.69) is 0 Å². The fraction of sp³-hybridized carbons (Fsp3) is 0.319. The number of carbonyl (C=O) groups excluding carboxylic acids is 1. The Balaban J connectivity index is 0. The fourth-order valence-corrected chi connectivity index (χ4v) is 6.25. The SMILES string of the molecule is Cc1ccc(S(=O)(=O)O)cc1.Cc1ccc(S(=O)(=O)O)cc1.Cc1ccc(S(=O)(=O)O)cc1.Cl.NCCCCC(N)C(=O)OCc1ccccc1.NCCCC[C@H](N)C(=O)O.OCc1ccccc1. The van der Waals surface area contributed by atoms with Crippen molar-refractivity contribution in [2.75, 3.05) is 13.1 Å². The van der Waals surface area contributed by atoms with Crippen LogP contribution in [0.2, 0.25) is 0 Å². The number of hydrogen-bond donors (Lipinski definition) is 9. The summed E-state index contributed by atoms with van der Waals surface area (Å²) in [5.41, 5.74) is 26.3. The van der Waals surface area contributed by atoms with Gasteiger partial charge in [-0.25, -0.2) is 0 Å².